The van der Waals surface area contributed by atoms with E-state index in [4.69, 9.17) is 23.7 Å². The first kappa shape index (κ1) is 46.5. The quantitative estimate of drug-likeness (QED) is 0.237. The highest BCUT2D eigenvalue weighted by Crippen LogP contribution is 2.48. The number of amides is 1. The van der Waals surface area contributed by atoms with Gasteiger partial charge in [0.25, 0.3) is 0 Å². The number of hydrogen-bond donors (Lipinski definition) is 2. The van der Waals surface area contributed by atoms with E-state index in [1.165, 1.54) is 6.92 Å². The molecule has 2 N–H and O–H groups in total. The SMILES string of the molecule is CC[C@H]1OC(=O)[C@H](C)C(=O)[C@H](C)[C@@H](O[C@@H]2O[C@H](C)C[C@H](N(C)C)[C@H]2O)[C@@](C)(O)C[C@@H](C)C2[C@H](C)[C@H]3N(C(=O)O[C@]13C)N(CCCc1ccnc3cc(OC)ccc13)CN2C1CC1. The molecule has 1 aliphatic carbocycles. The van der Waals surface area contributed by atoms with Crippen LogP contribution in [0.1, 0.15) is 99.5 Å². The molecule has 14 atom stereocenters. The molecular formula is C47H71N5O10. The van der Waals surface area contributed by atoms with Gasteiger partial charge in [0.15, 0.2) is 17.7 Å². The molecule has 15 heteroatoms. The third-order valence-corrected chi connectivity index (χ3v) is 14.8. The van der Waals surface area contributed by atoms with E-state index >= 15 is 0 Å². The van der Waals surface area contributed by atoms with Gasteiger partial charge in [-0.3, -0.25) is 19.5 Å². The minimum Gasteiger partial charge on any atom is -0.497 e. The van der Waals surface area contributed by atoms with E-state index in [0.717, 1.165) is 47.9 Å². The third kappa shape index (κ3) is 8.84. The van der Waals surface area contributed by atoms with Crippen LogP contribution in [0.5, 0.6) is 5.75 Å². The van der Waals surface area contributed by atoms with E-state index in [1.54, 1.807) is 26.0 Å². The first-order valence-corrected chi connectivity index (χ1v) is 22.9. The lowest BCUT2D eigenvalue weighted by atomic mass is 9.71. The van der Waals surface area contributed by atoms with Crippen LogP contribution in [0.2, 0.25) is 0 Å². The first-order valence-electron chi connectivity index (χ1n) is 22.9. The maximum absolute atomic E-state index is 14.5. The maximum atomic E-state index is 14.5. The Balaban J connectivity index is 1.26. The molecule has 62 heavy (non-hydrogen) atoms. The van der Waals surface area contributed by atoms with Crippen molar-refractivity contribution in [2.75, 3.05) is 34.4 Å². The zero-order valence-electron chi connectivity index (χ0n) is 38.7. The van der Waals surface area contributed by atoms with Crippen LogP contribution in [0.4, 0.5) is 4.79 Å². The summed E-state index contributed by atoms with van der Waals surface area (Å²) in [4.78, 5) is 52.1. The molecule has 1 saturated carbocycles. The Morgan fingerprint density at radius 1 is 1.05 bits per heavy atom. The molecule has 2 aromatic rings. The number of rotatable bonds is 10. The summed E-state index contributed by atoms with van der Waals surface area (Å²) in [5.74, 6) is -3.08. The van der Waals surface area contributed by atoms with Crippen LogP contribution < -0.4 is 4.74 Å². The van der Waals surface area contributed by atoms with E-state index in [2.05, 4.69) is 28.7 Å². The fourth-order valence-corrected chi connectivity index (χ4v) is 11.6. The lowest BCUT2D eigenvalue weighted by Crippen LogP contribution is -2.61. The zero-order chi connectivity index (χ0) is 45.0. The van der Waals surface area contributed by atoms with E-state index < -0.39 is 71.5 Å². The molecule has 1 aromatic heterocycles. The summed E-state index contributed by atoms with van der Waals surface area (Å²) in [6.07, 6.45) is 1.49. The average Bonchev–Trinajstić information content (AvgIpc) is 4.04. The van der Waals surface area contributed by atoms with Crippen molar-refractivity contribution in [2.45, 2.75) is 166 Å². The van der Waals surface area contributed by atoms with Crippen LogP contribution in [0.25, 0.3) is 10.9 Å². The number of aryl methyl sites for hydroxylation is 1. The molecule has 1 unspecified atom stereocenters. The number of ether oxygens (including phenoxy) is 5. The van der Waals surface area contributed by atoms with Crippen LogP contribution in [0.15, 0.2) is 30.5 Å². The Morgan fingerprint density at radius 2 is 1.77 bits per heavy atom. The van der Waals surface area contributed by atoms with Gasteiger partial charge in [0.2, 0.25) is 0 Å². The summed E-state index contributed by atoms with van der Waals surface area (Å²) < 4.78 is 31.0. The van der Waals surface area contributed by atoms with Gasteiger partial charge in [-0.2, -0.15) is 0 Å². The Bertz CT molecular complexity index is 1950. The lowest BCUT2D eigenvalue weighted by molar-refractivity contribution is -0.293. The van der Waals surface area contributed by atoms with Gasteiger partial charge in [-0.15, -0.1) is 0 Å². The van der Waals surface area contributed by atoms with Gasteiger partial charge in [0.05, 0.1) is 43.1 Å². The smallest absolute Gasteiger partial charge is 0.425 e. The molecule has 5 fully saturated rings. The number of hydrogen-bond acceptors (Lipinski definition) is 14. The number of aliphatic hydroxyl groups excluding tert-OH is 1. The van der Waals surface area contributed by atoms with E-state index in [9.17, 15) is 24.6 Å². The van der Waals surface area contributed by atoms with Gasteiger partial charge in [0, 0.05) is 48.2 Å². The molecule has 4 saturated heterocycles. The van der Waals surface area contributed by atoms with Crippen molar-refractivity contribution >= 4 is 28.7 Å². The second-order valence-electron chi connectivity index (χ2n) is 19.7. The molecule has 1 aromatic carbocycles. The summed E-state index contributed by atoms with van der Waals surface area (Å²) in [7, 11) is 5.42. The number of aromatic nitrogens is 1. The minimum absolute atomic E-state index is 0.171. The number of cyclic esters (lactones) is 1. The third-order valence-electron chi connectivity index (χ3n) is 14.8. The van der Waals surface area contributed by atoms with E-state index in [1.807, 2.05) is 70.2 Å². The number of aliphatic hydroxyl groups is 2. The summed E-state index contributed by atoms with van der Waals surface area (Å²) in [5, 5.41) is 29.3. The number of carbonyl (C=O) groups excluding carboxylic acids is 3. The number of Topliss-reactive ketones (excluding diaryl/α,β-unsaturated/α-hetero) is 1. The van der Waals surface area contributed by atoms with Crippen molar-refractivity contribution in [1.82, 2.24) is 24.8 Å². The van der Waals surface area contributed by atoms with Gasteiger partial charge >= 0.3 is 12.1 Å². The highest BCUT2D eigenvalue weighted by atomic mass is 16.7. The molecule has 15 nitrogen and oxygen atoms in total. The highest BCUT2D eigenvalue weighted by Gasteiger charge is 2.64. The number of esters is 1. The van der Waals surface area contributed by atoms with Gasteiger partial charge in [-0.1, -0.05) is 27.7 Å². The second-order valence-corrected chi connectivity index (χ2v) is 19.7. The van der Waals surface area contributed by atoms with Crippen molar-refractivity contribution in [3.8, 4) is 5.75 Å². The summed E-state index contributed by atoms with van der Waals surface area (Å²) in [6, 6.07) is 7.22. The van der Waals surface area contributed by atoms with Gasteiger partial charge < -0.3 is 38.8 Å². The fourth-order valence-electron chi connectivity index (χ4n) is 11.6. The fraction of sp³-hybridized carbons (Fsp3) is 0.745. The monoisotopic (exact) mass is 866 g/mol. The molecule has 0 spiro atoms. The number of hydrazine groups is 1. The molecule has 5 aliphatic rings. The van der Waals surface area contributed by atoms with Crippen molar-refractivity contribution in [2.24, 2.45) is 23.7 Å². The second kappa shape index (κ2) is 18.2. The zero-order valence-corrected chi connectivity index (χ0v) is 38.7. The molecule has 1 amide bonds. The lowest BCUT2D eigenvalue weighted by Gasteiger charge is -2.48. The topological polar surface area (TPSA) is 164 Å². The summed E-state index contributed by atoms with van der Waals surface area (Å²) >= 11 is 0. The van der Waals surface area contributed by atoms with E-state index in [-0.39, 0.29) is 42.5 Å². The number of ketones is 1. The Morgan fingerprint density at radius 3 is 2.44 bits per heavy atom. The number of carbonyl (C=O) groups is 3. The van der Waals surface area contributed by atoms with Crippen molar-refractivity contribution in [3.05, 3.63) is 36.0 Å². The van der Waals surface area contributed by atoms with E-state index in [0.29, 0.717) is 26.1 Å². The standard InChI is InChI=1S/C47H71N5O10/c1-12-37-47(8)41-28(4)38(26(2)24-46(7,57)42(29(5)39(53)30(6)43(55)60-37)61-44-40(54)36(49(9)10)22-27(3)59-44)51(32-15-16-32)25-50(52(41)45(56)62-47)21-13-14-31-19-20-48-35-23-33(58-11)17-18-34(31)35/h17-20,23,26-30,32,36-38,40-42,44,54,57H,12-16,21-22,24-25H2,1-11H3/t26-,27-,28+,29+,30-,36+,37-,38?,40-,41-,42-,44+,46+,47-/m1/s1. The largest absolute Gasteiger partial charge is 0.497 e. The van der Waals surface area contributed by atoms with Crippen molar-refractivity contribution in [3.63, 3.8) is 0 Å². The number of benzene rings is 1. The molecule has 5 heterocycles. The average molecular weight is 866 g/mol. The van der Waals surface area contributed by atoms with Crippen molar-refractivity contribution < 1.29 is 48.3 Å². The number of fused-ring (bicyclic) bond motifs is 2. The van der Waals surface area contributed by atoms with Crippen LogP contribution in [0, 0.1) is 23.7 Å². The molecule has 4 aliphatic heterocycles. The molecular weight excluding hydrogens is 795 g/mol. The molecule has 0 radical (unpaired) electrons. The van der Waals surface area contributed by atoms with Crippen molar-refractivity contribution in [1.29, 1.82) is 0 Å². The number of pyridine rings is 1. The van der Waals surface area contributed by atoms with Crippen LogP contribution in [-0.2, 0) is 35.0 Å². The predicted molar refractivity (Wildman–Crippen MR) is 232 cm³/mol. The van der Waals surface area contributed by atoms with Gasteiger partial charge in [0.1, 0.15) is 23.9 Å². The highest BCUT2D eigenvalue weighted by molar-refractivity contribution is 6.00. The summed E-state index contributed by atoms with van der Waals surface area (Å²) in [5.41, 5.74) is -0.893. The normalized spacial score (nSPS) is 39.1. The number of methoxy groups -OCH3 is 1. The van der Waals surface area contributed by atoms with Crippen LogP contribution in [-0.4, -0.2) is 153 Å². The Labute approximate surface area is 367 Å². The minimum atomic E-state index is -1.63. The summed E-state index contributed by atoms with van der Waals surface area (Å²) in [6.45, 7) is 15.9. The number of nitrogens with zero attached hydrogens (tertiary/aromatic N) is 5. The molecule has 7 rings (SSSR count). The van der Waals surface area contributed by atoms with Gasteiger partial charge in [-0.25, -0.2) is 14.8 Å². The van der Waals surface area contributed by atoms with Crippen LogP contribution in [0.3, 0.4) is 0 Å². The van der Waals surface area contributed by atoms with Crippen LogP contribution >= 0.6 is 0 Å². The molecule has 344 valence electrons. The Hall–Kier alpha value is -3.44. The molecule has 2 bridgehead atoms. The maximum Gasteiger partial charge on any atom is 0.425 e. The Kier molecular flexibility index (Phi) is 13.7. The predicted octanol–water partition coefficient (Wildman–Crippen LogP) is 5.18. The number of likely N-dealkylation sites (N-methyl/N-ethyl adjacent to an activating group) is 1. The van der Waals surface area contributed by atoms with Gasteiger partial charge in [-0.05, 0) is 122 Å². The first-order chi connectivity index (χ1) is 29.3.